The molecule has 0 radical (unpaired) electrons. The van der Waals surface area contributed by atoms with Crippen LogP contribution in [-0.2, 0) is 0 Å². The topological polar surface area (TPSA) is 81.5 Å². The van der Waals surface area contributed by atoms with Crippen molar-refractivity contribution in [1.29, 1.82) is 0 Å². The van der Waals surface area contributed by atoms with Crippen LogP contribution in [0.4, 0.5) is 0 Å². The van der Waals surface area contributed by atoms with E-state index in [4.69, 9.17) is 4.42 Å². The van der Waals surface area contributed by atoms with Crippen molar-refractivity contribution in [2.75, 3.05) is 0 Å². The second kappa shape index (κ2) is 4.93. The van der Waals surface area contributed by atoms with Gasteiger partial charge < -0.3 is 9.62 Å². The molecule has 2 aromatic rings. The highest BCUT2D eigenvalue weighted by molar-refractivity contribution is 5.94. The number of hydrogen-bond acceptors (Lipinski definition) is 4. The van der Waals surface area contributed by atoms with Crippen LogP contribution in [0.3, 0.4) is 0 Å². The maximum Gasteiger partial charge on any atom is 0.277 e. The molecule has 2 heterocycles. The number of rotatable bonds is 3. The number of aromatic nitrogens is 1. The van der Waals surface area contributed by atoms with E-state index in [0.29, 0.717) is 10.5 Å². The molecule has 0 bridgehead atoms. The van der Waals surface area contributed by atoms with E-state index in [-0.39, 0.29) is 5.56 Å². The lowest BCUT2D eigenvalue weighted by Gasteiger charge is -1.99. The summed E-state index contributed by atoms with van der Waals surface area (Å²) in [5.41, 5.74) is 2.52. The van der Waals surface area contributed by atoms with Crippen LogP contribution in [-0.4, -0.2) is 12.1 Å². The largest absolute Gasteiger partial charge is 0.619 e. The first-order valence-electron chi connectivity index (χ1n) is 4.81. The van der Waals surface area contributed by atoms with Gasteiger partial charge in [-0.05, 0) is 18.2 Å². The van der Waals surface area contributed by atoms with E-state index in [0.717, 1.165) is 6.20 Å². The molecule has 0 aliphatic heterocycles. The van der Waals surface area contributed by atoms with Gasteiger partial charge in [-0.3, -0.25) is 4.79 Å². The second-order valence-corrected chi connectivity index (χ2v) is 3.17. The number of hydrazone groups is 1. The molecule has 0 fully saturated rings. The Morgan fingerprint density at radius 1 is 1.47 bits per heavy atom. The zero-order chi connectivity index (χ0) is 12.1. The molecule has 0 atom stereocenters. The molecule has 2 aromatic heterocycles. The van der Waals surface area contributed by atoms with Gasteiger partial charge >= 0.3 is 0 Å². The van der Waals surface area contributed by atoms with Crippen LogP contribution in [0, 0.1) is 5.21 Å². The maximum absolute atomic E-state index is 11.5. The fraction of sp³-hybridized carbons (Fsp3) is 0. The Bertz CT molecular complexity index is 535. The molecule has 0 aromatic carbocycles. The predicted molar refractivity (Wildman–Crippen MR) is 59.2 cm³/mol. The summed E-state index contributed by atoms with van der Waals surface area (Å²) < 4.78 is 5.53. The number of carbonyl (C=O) groups excluding carboxylic acids is 1. The molecule has 0 unspecified atom stereocenters. The molecule has 0 saturated carbocycles. The van der Waals surface area contributed by atoms with Crippen LogP contribution in [0.1, 0.15) is 16.1 Å². The van der Waals surface area contributed by atoms with Crippen molar-refractivity contribution in [3.05, 3.63) is 59.5 Å². The number of carbonyl (C=O) groups is 1. The van der Waals surface area contributed by atoms with Gasteiger partial charge in [0.25, 0.3) is 5.91 Å². The number of pyridine rings is 1. The highest BCUT2D eigenvalue weighted by Crippen LogP contribution is 1.96. The Morgan fingerprint density at radius 2 is 2.35 bits per heavy atom. The lowest BCUT2D eigenvalue weighted by atomic mass is 10.3. The Kier molecular flexibility index (Phi) is 3.15. The van der Waals surface area contributed by atoms with Gasteiger partial charge in [-0.2, -0.15) is 9.83 Å². The van der Waals surface area contributed by atoms with E-state index in [1.807, 2.05) is 0 Å². The first kappa shape index (κ1) is 10.9. The molecule has 6 heteroatoms. The summed E-state index contributed by atoms with van der Waals surface area (Å²) in [7, 11) is 0. The van der Waals surface area contributed by atoms with Crippen molar-refractivity contribution in [3.8, 4) is 0 Å². The van der Waals surface area contributed by atoms with Crippen molar-refractivity contribution in [1.82, 2.24) is 5.43 Å². The van der Waals surface area contributed by atoms with Gasteiger partial charge in [0.05, 0.1) is 12.5 Å². The molecule has 0 saturated heterocycles. The summed E-state index contributed by atoms with van der Waals surface area (Å²) in [4.78, 5) is 11.5. The monoisotopic (exact) mass is 231 g/mol. The molecule has 86 valence electrons. The van der Waals surface area contributed by atoms with Crippen LogP contribution >= 0.6 is 0 Å². The van der Waals surface area contributed by atoms with E-state index in [1.165, 1.54) is 30.8 Å². The Morgan fingerprint density at radius 3 is 3.06 bits per heavy atom. The standard InChI is InChI=1S/C11H9N3O3/c15-11(9-3-1-5-14(16)8-9)13-12-7-10-4-2-6-17-10/h1-8H,(H,13,15). The van der Waals surface area contributed by atoms with Crippen LogP contribution in [0.2, 0.25) is 0 Å². The lowest BCUT2D eigenvalue weighted by molar-refractivity contribution is -0.605. The van der Waals surface area contributed by atoms with Crippen molar-refractivity contribution in [2.24, 2.45) is 5.10 Å². The van der Waals surface area contributed by atoms with E-state index >= 15 is 0 Å². The molecule has 6 nitrogen and oxygen atoms in total. The van der Waals surface area contributed by atoms with Crippen LogP contribution in [0.15, 0.2) is 52.4 Å². The van der Waals surface area contributed by atoms with E-state index < -0.39 is 5.91 Å². The summed E-state index contributed by atoms with van der Waals surface area (Å²) in [6.07, 6.45) is 5.33. The van der Waals surface area contributed by atoms with Gasteiger partial charge in [0.2, 0.25) is 0 Å². The molecular weight excluding hydrogens is 222 g/mol. The van der Waals surface area contributed by atoms with Crippen molar-refractivity contribution in [3.63, 3.8) is 0 Å². The lowest BCUT2D eigenvalue weighted by Crippen LogP contribution is -2.28. The van der Waals surface area contributed by atoms with E-state index in [2.05, 4.69) is 10.5 Å². The Balaban J connectivity index is 1.98. The fourth-order valence-corrected chi connectivity index (χ4v) is 1.17. The predicted octanol–water partition coefficient (Wildman–Crippen LogP) is 0.677. The van der Waals surface area contributed by atoms with Gasteiger partial charge in [0, 0.05) is 6.07 Å². The summed E-state index contributed by atoms with van der Waals surface area (Å²) >= 11 is 0. The molecule has 1 N–H and O–H groups in total. The Hall–Kier alpha value is -2.63. The van der Waals surface area contributed by atoms with Crippen molar-refractivity contribution in [2.45, 2.75) is 0 Å². The minimum absolute atomic E-state index is 0.235. The van der Waals surface area contributed by atoms with Gasteiger partial charge in [-0.15, -0.1) is 0 Å². The van der Waals surface area contributed by atoms with Gasteiger partial charge in [-0.25, -0.2) is 5.43 Å². The van der Waals surface area contributed by atoms with Crippen LogP contribution < -0.4 is 10.2 Å². The zero-order valence-electron chi connectivity index (χ0n) is 8.74. The quantitative estimate of drug-likeness (QED) is 0.365. The third kappa shape index (κ3) is 2.91. The van der Waals surface area contributed by atoms with E-state index in [9.17, 15) is 10.0 Å². The zero-order valence-corrected chi connectivity index (χ0v) is 8.74. The maximum atomic E-state index is 11.5. The minimum Gasteiger partial charge on any atom is -0.619 e. The fourth-order valence-electron chi connectivity index (χ4n) is 1.17. The summed E-state index contributed by atoms with van der Waals surface area (Å²) in [5, 5.41) is 14.6. The molecule has 2 rings (SSSR count). The molecule has 0 aliphatic rings. The van der Waals surface area contributed by atoms with Crippen molar-refractivity contribution >= 4 is 12.1 Å². The molecule has 17 heavy (non-hydrogen) atoms. The number of hydrogen-bond donors (Lipinski definition) is 1. The summed E-state index contributed by atoms with van der Waals surface area (Å²) in [6, 6.07) is 6.41. The summed E-state index contributed by atoms with van der Waals surface area (Å²) in [5.74, 6) is 0.0651. The normalized spacial score (nSPS) is 10.6. The number of furan rings is 1. The van der Waals surface area contributed by atoms with E-state index in [1.54, 1.807) is 12.1 Å². The summed E-state index contributed by atoms with van der Waals surface area (Å²) in [6.45, 7) is 0. The van der Waals surface area contributed by atoms with Crippen molar-refractivity contribution < 1.29 is 13.9 Å². The minimum atomic E-state index is -0.460. The molecule has 0 spiro atoms. The molecule has 0 aliphatic carbocycles. The average Bonchev–Trinajstić information content (AvgIpc) is 2.82. The smallest absolute Gasteiger partial charge is 0.277 e. The third-order valence-corrected chi connectivity index (χ3v) is 1.94. The average molecular weight is 231 g/mol. The first-order chi connectivity index (χ1) is 8.25. The third-order valence-electron chi connectivity index (χ3n) is 1.94. The Labute approximate surface area is 96.8 Å². The SMILES string of the molecule is O=C(NN=Cc1ccco1)c1ccc[n+]([O-])c1. The second-order valence-electron chi connectivity index (χ2n) is 3.17. The molecular formula is C11H9N3O3. The number of nitrogens with zero attached hydrogens (tertiary/aromatic N) is 2. The van der Waals surface area contributed by atoms with Gasteiger partial charge in [0.15, 0.2) is 12.4 Å². The highest BCUT2D eigenvalue weighted by atomic mass is 16.5. The number of amides is 1. The van der Waals surface area contributed by atoms with Gasteiger partial charge in [-0.1, -0.05) is 0 Å². The molecule has 1 amide bonds. The van der Waals surface area contributed by atoms with Gasteiger partial charge in [0.1, 0.15) is 11.3 Å². The first-order valence-corrected chi connectivity index (χ1v) is 4.81. The van der Waals surface area contributed by atoms with Crippen LogP contribution in [0.5, 0.6) is 0 Å². The highest BCUT2D eigenvalue weighted by Gasteiger charge is 2.06. The number of nitrogens with one attached hydrogen (secondary N) is 1. The van der Waals surface area contributed by atoms with Crippen LogP contribution in [0.25, 0.3) is 0 Å².